The lowest BCUT2D eigenvalue weighted by Gasteiger charge is -2.34. The van der Waals surface area contributed by atoms with Crippen LogP contribution in [0.25, 0.3) is 0 Å². The van der Waals surface area contributed by atoms with Crippen LogP contribution in [0.1, 0.15) is 43.4 Å². The minimum Gasteiger partial charge on any atom is -0.346 e. The number of benzene rings is 1. The maximum absolute atomic E-state index is 12.6. The third-order valence-corrected chi connectivity index (χ3v) is 5.30. The number of nitrogens with zero attached hydrogens (tertiary/aromatic N) is 2. The van der Waals surface area contributed by atoms with Crippen molar-refractivity contribution in [3.8, 4) is 0 Å². The van der Waals surface area contributed by atoms with Crippen molar-refractivity contribution in [3.05, 3.63) is 34.9 Å². The largest absolute Gasteiger partial charge is 0.346 e. The Labute approximate surface area is 160 Å². The van der Waals surface area contributed by atoms with Crippen molar-refractivity contribution < 1.29 is 14.4 Å². The highest BCUT2D eigenvalue weighted by molar-refractivity contribution is 6.35. The van der Waals surface area contributed by atoms with Crippen LogP contribution < -0.4 is 5.32 Å². The third-order valence-electron chi connectivity index (χ3n) is 5.30. The van der Waals surface area contributed by atoms with E-state index in [0.29, 0.717) is 32.6 Å². The van der Waals surface area contributed by atoms with Crippen molar-refractivity contribution in [2.24, 2.45) is 0 Å². The van der Waals surface area contributed by atoms with E-state index < -0.39 is 11.8 Å². The van der Waals surface area contributed by atoms with Crippen molar-refractivity contribution in [2.45, 2.75) is 52.0 Å². The maximum Gasteiger partial charge on any atom is 0.312 e. The Morgan fingerprint density at radius 2 is 1.59 bits per heavy atom. The van der Waals surface area contributed by atoms with Crippen molar-refractivity contribution in [1.29, 1.82) is 0 Å². The van der Waals surface area contributed by atoms with Gasteiger partial charge < -0.3 is 15.1 Å². The average molecular weight is 371 g/mol. The summed E-state index contributed by atoms with van der Waals surface area (Å²) in [6, 6.07) is 6.35. The first-order valence-corrected chi connectivity index (χ1v) is 9.92. The van der Waals surface area contributed by atoms with Crippen LogP contribution in [0, 0.1) is 0 Å². The van der Waals surface area contributed by atoms with Gasteiger partial charge in [-0.2, -0.15) is 0 Å². The van der Waals surface area contributed by atoms with Crippen LogP contribution in [-0.4, -0.2) is 59.7 Å². The fourth-order valence-corrected chi connectivity index (χ4v) is 3.81. The van der Waals surface area contributed by atoms with Crippen LogP contribution in [0.5, 0.6) is 0 Å². The van der Waals surface area contributed by atoms with Gasteiger partial charge in [-0.1, -0.05) is 18.2 Å². The lowest BCUT2D eigenvalue weighted by molar-refractivity contribution is -0.148. The summed E-state index contributed by atoms with van der Waals surface area (Å²) in [6.07, 6.45) is 5.13. The lowest BCUT2D eigenvalue weighted by Crippen LogP contribution is -2.54. The van der Waals surface area contributed by atoms with E-state index in [-0.39, 0.29) is 11.9 Å². The van der Waals surface area contributed by atoms with Crippen LogP contribution in [0.2, 0.25) is 0 Å². The molecular formula is C21H29N3O3. The molecule has 6 heteroatoms. The minimum atomic E-state index is -0.571. The zero-order chi connectivity index (χ0) is 19.4. The van der Waals surface area contributed by atoms with Gasteiger partial charge in [0.15, 0.2) is 0 Å². The van der Waals surface area contributed by atoms with E-state index >= 15 is 0 Å². The summed E-state index contributed by atoms with van der Waals surface area (Å²) in [5.41, 5.74) is 3.87. The SMILES string of the molecule is CC(C)NC(=O)C(=O)N1CCN(C(=O)Cc2ccc3c(c2)CCCC3)CC1. The molecule has 6 nitrogen and oxygen atoms in total. The van der Waals surface area contributed by atoms with Crippen LogP contribution in [0.15, 0.2) is 18.2 Å². The van der Waals surface area contributed by atoms with Gasteiger partial charge in [0.25, 0.3) is 0 Å². The second-order valence-electron chi connectivity index (χ2n) is 7.79. The summed E-state index contributed by atoms with van der Waals surface area (Å²) < 4.78 is 0. The van der Waals surface area contributed by atoms with E-state index in [1.807, 2.05) is 13.8 Å². The predicted octanol–water partition coefficient (Wildman–Crippen LogP) is 1.30. The van der Waals surface area contributed by atoms with Gasteiger partial charge in [-0.15, -0.1) is 0 Å². The molecule has 1 heterocycles. The number of rotatable bonds is 3. The molecule has 1 aliphatic heterocycles. The fraction of sp³-hybridized carbons (Fsp3) is 0.571. The van der Waals surface area contributed by atoms with Crippen molar-refractivity contribution in [3.63, 3.8) is 0 Å². The van der Waals surface area contributed by atoms with E-state index in [2.05, 4.69) is 23.5 Å². The summed E-state index contributed by atoms with van der Waals surface area (Å²) in [4.78, 5) is 39.9. The molecule has 0 spiro atoms. The Hall–Kier alpha value is -2.37. The maximum atomic E-state index is 12.6. The van der Waals surface area contributed by atoms with Gasteiger partial charge in [0.2, 0.25) is 5.91 Å². The zero-order valence-corrected chi connectivity index (χ0v) is 16.3. The third kappa shape index (κ3) is 4.87. The minimum absolute atomic E-state index is 0.0686. The number of amides is 3. The smallest absolute Gasteiger partial charge is 0.312 e. The molecule has 146 valence electrons. The molecule has 0 unspecified atom stereocenters. The standard InChI is InChI=1S/C21H29N3O3/c1-15(2)22-20(26)21(27)24-11-9-23(10-12-24)19(25)14-16-7-8-17-5-3-4-6-18(17)13-16/h7-8,13,15H,3-6,9-12,14H2,1-2H3,(H,22,26). The molecular weight excluding hydrogens is 342 g/mol. The van der Waals surface area contributed by atoms with Crippen LogP contribution in [0.3, 0.4) is 0 Å². The molecule has 1 fully saturated rings. The average Bonchev–Trinajstić information content (AvgIpc) is 2.67. The molecule has 2 aliphatic rings. The number of carbonyl (C=O) groups excluding carboxylic acids is 3. The highest BCUT2D eigenvalue weighted by atomic mass is 16.2. The molecule has 0 saturated carbocycles. The number of carbonyl (C=O) groups is 3. The van der Waals surface area contributed by atoms with E-state index in [4.69, 9.17) is 0 Å². The molecule has 0 atom stereocenters. The van der Waals surface area contributed by atoms with Gasteiger partial charge in [-0.25, -0.2) is 0 Å². The first-order chi connectivity index (χ1) is 12.9. The number of hydrogen-bond donors (Lipinski definition) is 1. The molecule has 1 N–H and O–H groups in total. The highest BCUT2D eigenvalue weighted by Gasteiger charge is 2.28. The number of nitrogens with one attached hydrogen (secondary N) is 1. The Kier molecular flexibility index (Phi) is 6.14. The second-order valence-corrected chi connectivity index (χ2v) is 7.79. The van der Waals surface area contributed by atoms with Gasteiger partial charge in [0.1, 0.15) is 0 Å². The zero-order valence-electron chi connectivity index (χ0n) is 16.3. The van der Waals surface area contributed by atoms with Gasteiger partial charge >= 0.3 is 11.8 Å². The fourth-order valence-electron chi connectivity index (χ4n) is 3.81. The summed E-state index contributed by atoms with van der Waals surface area (Å²) in [7, 11) is 0. The van der Waals surface area contributed by atoms with Crippen molar-refractivity contribution in [1.82, 2.24) is 15.1 Å². The Morgan fingerprint density at radius 3 is 2.26 bits per heavy atom. The molecule has 1 aromatic carbocycles. The van der Waals surface area contributed by atoms with Crippen molar-refractivity contribution in [2.75, 3.05) is 26.2 Å². The summed E-state index contributed by atoms with van der Waals surface area (Å²) >= 11 is 0. The number of hydrogen-bond acceptors (Lipinski definition) is 3. The molecule has 0 bridgehead atoms. The first-order valence-electron chi connectivity index (χ1n) is 9.92. The van der Waals surface area contributed by atoms with Crippen LogP contribution >= 0.6 is 0 Å². The normalized spacial score (nSPS) is 16.9. The van der Waals surface area contributed by atoms with E-state index in [9.17, 15) is 14.4 Å². The Bertz CT molecular complexity index is 721. The predicted molar refractivity (Wildman–Crippen MR) is 103 cm³/mol. The quantitative estimate of drug-likeness (QED) is 0.815. The van der Waals surface area contributed by atoms with Crippen LogP contribution in [-0.2, 0) is 33.6 Å². The number of aryl methyl sites for hydroxylation is 2. The number of piperazine rings is 1. The van der Waals surface area contributed by atoms with Gasteiger partial charge in [0.05, 0.1) is 6.42 Å². The molecule has 1 aliphatic carbocycles. The Balaban J connectivity index is 1.51. The van der Waals surface area contributed by atoms with Crippen LogP contribution in [0.4, 0.5) is 0 Å². The molecule has 27 heavy (non-hydrogen) atoms. The van der Waals surface area contributed by atoms with Gasteiger partial charge in [-0.05, 0) is 56.2 Å². The molecule has 1 aromatic rings. The Morgan fingerprint density at radius 1 is 0.963 bits per heavy atom. The van der Waals surface area contributed by atoms with E-state index in [1.54, 1.807) is 4.90 Å². The molecule has 1 saturated heterocycles. The molecule has 0 radical (unpaired) electrons. The topological polar surface area (TPSA) is 69.7 Å². The first kappa shape index (κ1) is 19.4. The summed E-state index contributed by atoms with van der Waals surface area (Å²) in [6.45, 7) is 5.40. The monoisotopic (exact) mass is 371 g/mol. The molecule has 3 amide bonds. The van der Waals surface area contributed by atoms with Gasteiger partial charge in [0, 0.05) is 32.2 Å². The van der Waals surface area contributed by atoms with E-state index in [1.165, 1.54) is 28.9 Å². The molecule has 3 rings (SSSR count). The van der Waals surface area contributed by atoms with E-state index in [0.717, 1.165) is 18.4 Å². The van der Waals surface area contributed by atoms with Gasteiger partial charge in [-0.3, -0.25) is 14.4 Å². The molecule has 0 aromatic heterocycles. The summed E-state index contributed by atoms with van der Waals surface area (Å²) in [5.74, 6) is -0.992. The lowest BCUT2D eigenvalue weighted by atomic mass is 9.90. The second kappa shape index (κ2) is 8.55. The summed E-state index contributed by atoms with van der Waals surface area (Å²) in [5, 5.41) is 2.62. The highest BCUT2D eigenvalue weighted by Crippen LogP contribution is 2.22. The number of fused-ring (bicyclic) bond motifs is 1. The van der Waals surface area contributed by atoms with Crippen molar-refractivity contribution >= 4 is 17.7 Å².